The van der Waals surface area contributed by atoms with Crippen LogP contribution in [-0.2, 0) is 21.1 Å². The van der Waals surface area contributed by atoms with Crippen LogP contribution in [0.5, 0.6) is 23.0 Å². The van der Waals surface area contributed by atoms with Crippen LogP contribution in [0.25, 0.3) is 0 Å². The van der Waals surface area contributed by atoms with Crippen molar-refractivity contribution in [2.24, 2.45) is 4.99 Å². The van der Waals surface area contributed by atoms with Crippen molar-refractivity contribution in [1.29, 1.82) is 0 Å². The van der Waals surface area contributed by atoms with E-state index in [1.165, 1.54) is 18.9 Å². The molecule has 9 nitrogen and oxygen atoms in total. The number of anilines is 1. The molecule has 2 aliphatic heterocycles. The maximum Gasteiger partial charge on any atom is 0.252 e. The fourth-order valence-corrected chi connectivity index (χ4v) is 8.84. The predicted molar refractivity (Wildman–Crippen MR) is 148 cm³/mol. The minimum atomic E-state index is -3.21. The standard InChI is InChI=1S/C25H29BrN2O7S2/c1-5-34-21-11-16(26)17(12-22(21)35-6-2)28-18-13-37(30,31)14-23(18)36-25(28)27-24(29)10-15-7-8-19(32-3)20(9-15)33-4/h7-9,11-12,18,23H,5-6,10,13-14H2,1-4H3/t18-,23+/m0/s1. The van der Waals surface area contributed by atoms with Gasteiger partial charge < -0.3 is 23.8 Å². The van der Waals surface area contributed by atoms with Gasteiger partial charge in [-0.25, -0.2) is 8.42 Å². The summed E-state index contributed by atoms with van der Waals surface area (Å²) in [5.41, 5.74) is 1.40. The summed E-state index contributed by atoms with van der Waals surface area (Å²) in [6.07, 6.45) is 0.0561. The largest absolute Gasteiger partial charge is 0.493 e. The lowest BCUT2D eigenvalue weighted by molar-refractivity contribution is -0.117. The number of carbonyl (C=O) groups is 1. The van der Waals surface area contributed by atoms with Gasteiger partial charge in [0.2, 0.25) is 0 Å². The number of thioether (sulfide) groups is 1. The van der Waals surface area contributed by atoms with Crippen LogP contribution in [0.3, 0.4) is 0 Å². The van der Waals surface area contributed by atoms with Gasteiger partial charge in [-0.3, -0.25) is 4.79 Å². The van der Waals surface area contributed by atoms with Gasteiger partial charge in [-0.1, -0.05) is 17.8 Å². The molecule has 0 radical (unpaired) electrons. The van der Waals surface area contributed by atoms with Crippen LogP contribution in [0.15, 0.2) is 39.8 Å². The Hall–Kier alpha value is -2.44. The molecule has 200 valence electrons. The van der Waals surface area contributed by atoms with Crippen molar-refractivity contribution < 1.29 is 32.2 Å². The van der Waals surface area contributed by atoms with E-state index in [9.17, 15) is 13.2 Å². The highest BCUT2D eigenvalue weighted by atomic mass is 79.9. The second kappa shape index (κ2) is 11.5. The van der Waals surface area contributed by atoms with Crippen LogP contribution in [0.2, 0.25) is 0 Å². The highest BCUT2D eigenvalue weighted by Gasteiger charge is 2.50. The highest BCUT2D eigenvalue weighted by Crippen LogP contribution is 2.46. The summed E-state index contributed by atoms with van der Waals surface area (Å²) in [4.78, 5) is 19.3. The molecule has 2 heterocycles. The van der Waals surface area contributed by atoms with Crippen LogP contribution >= 0.6 is 27.7 Å². The number of hydrogen-bond acceptors (Lipinski definition) is 8. The average molecular weight is 614 g/mol. The van der Waals surface area contributed by atoms with Crippen LogP contribution in [-0.4, -0.2) is 69.7 Å². The molecular formula is C25H29BrN2O7S2. The molecule has 1 amide bonds. The summed E-state index contributed by atoms with van der Waals surface area (Å²) in [6.45, 7) is 4.66. The molecule has 2 saturated heterocycles. The smallest absolute Gasteiger partial charge is 0.252 e. The molecule has 0 saturated carbocycles. The first-order valence-corrected chi connectivity index (χ1v) is 15.3. The van der Waals surface area contributed by atoms with E-state index >= 15 is 0 Å². The van der Waals surface area contributed by atoms with Gasteiger partial charge in [-0.05, 0) is 47.5 Å². The van der Waals surface area contributed by atoms with Crippen LogP contribution in [0.4, 0.5) is 5.69 Å². The van der Waals surface area contributed by atoms with Gasteiger partial charge in [0.05, 0.1) is 57.1 Å². The minimum absolute atomic E-state index is 0.0167. The molecule has 2 aliphatic rings. The van der Waals surface area contributed by atoms with Crippen molar-refractivity contribution in [2.75, 3.05) is 43.8 Å². The van der Waals surface area contributed by atoms with Gasteiger partial charge in [0.25, 0.3) is 5.91 Å². The lowest BCUT2D eigenvalue weighted by Gasteiger charge is -2.27. The number of carbonyl (C=O) groups excluding carboxylic acids is 1. The molecule has 37 heavy (non-hydrogen) atoms. The van der Waals surface area contributed by atoms with Crippen molar-refractivity contribution in [2.45, 2.75) is 31.6 Å². The maximum absolute atomic E-state index is 13.1. The van der Waals surface area contributed by atoms with Gasteiger partial charge in [0.1, 0.15) is 0 Å². The first kappa shape index (κ1) is 27.6. The van der Waals surface area contributed by atoms with E-state index in [-0.39, 0.29) is 35.1 Å². The number of ether oxygens (including phenoxy) is 4. The molecule has 2 atom stereocenters. The van der Waals surface area contributed by atoms with Gasteiger partial charge in [0, 0.05) is 21.9 Å². The number of fused-ring (bicyclic) bond motifs is 1. The van der Waals surface area contributed by atoms with E-state index in [0.29, 0.717) is 51.5 Å². The zero-order chi connectivity index (χ0) is 26.7. The normalized spacial score (nSPS) is 21.1. The number of sulfone groups is 1. The molecular weight excluding hydrogens is 584 g/mol. The zero-order valence-electron chi connectivity index (χ0n) is 21.0. The summed E-state index contributed by atoms with van der Waals surface area (Å²) >= 11 is 4.93. The Bertz CT molecular complexity index is 1320. The number of amidine groups is 1. The Morgan fingerprint density at radius 2 is 1.70 bits per heavy atom. The SMILES string of the molecule is CCOc1cc(Br)c(N2C(=NC(=O)Cc3ccc(OC)c(OC)c3)S[C@@H]3CS(=O)(=O)C[C@@H]32)cc1OCC. The number of halogens is 1. The van der Waals surface area contributed by atoms with E-state index in [0.717, 1.165) is 5.56 Å². The van der Waals surface area contributed by atoms with Crippen LogP contribution < -0.4 is 23.8 Å². The third-order valence-corrected chi connectivity index (χ3v) is 9.81. The second-order valence-corrected chi connectivity index (χ2v) is 12.7. The summed E-state index contributed by atoms with van der Waals surface area (Å²) in [6, 6.07) is 8.53. The Kier molecular flexibility index (Phi) is 8.59. The van der Waals surface area contributed by atoms with Gasteiger partial charge >= 0.3 is 0 Å². The number of nitrogens with zero attached hydrogens (tertiary/aromatic N) is 2. The summed E-state index contributed by atoms with van der Waals surface area (Å²) in [5, 5.41) is 0.231. The minimum Gasteiger partial charge on any atom is -0.493 e. The molecule has 2 fully saturated rings. The molecule has 0 N–H and O–H groups in total. The lowest BCUT2D eigenvalue weighted by atomic mass is 10.1. The van der Waals surface area contributed by atoms with Gasteiger partial charge in [-0.15, -0.1) is 0 Å². The number of amides is 1. The number of rotatable bonds is 9. The molecule has 0 aromatic heterocycles. The van der Waals surface area contributed by atoms with Crippen LogP contribution in [0, 0.1) is 0 Å². The second-order valence-electron chi connectivity index (χ2n) is 8.44. The van der Waals surface area contributed by atoms with Gasteiger partial charge in [-0.2, -0.15) is 4.99 Å². The summed E-state index contributed by atoms with van der Waals surface area (Å²) < 4.78 is 47.8. The Morgan fingerprint density at radius 1 is 1.03 bits per heavy atom. The summed E-state index contributed by atoms with van der Waals surface area (Å²) in [7, 11) is -0.125. The zero-order valence-corrected chi connectivity index (χ0v) is 24.2. The molecule has 4 rings (SSSR count). The lowest BCUT2D eigenvalue weighted by Crippen LogP contribution is -2.38. The molecule has 0 aliphatic carbocycles. The van der Waals surface area contributed by atoms with Crippen LogP contribution in [0.1, 0.15) is 19.4 Å². The first-order chi connectivity index (χ1) is 17.7. The van der Waals surface area contributed by atoms with E-state index in [2.05, 4.69) is 20.9 Å². The molecule has 0 unspecified atom stereocenters. The van der Waals surface area contributed by atoms with Crippen molar-refractivity contribution >= 4 is 54.3 Å². The van der Waals surface area contributed by atoms with Crippen molar-refractivity contribution in [3.05, 3.63) is 40.4 Å². The Balaban J connectivity index is 1.70. The quantitative estimate of drug-likeness (QED) is 0.414. The summed E-state index contributed by atoms with van der Waals surface area (Å²) in [5.74, 6) is 1.88. The topological polar surface area (TPSA) is 104 Å². The van der Waals surface area contributed by atoms with Gasteiger partial charge in [0.15, 0.2) is 38.0 Å². The number of aliphatic imine (C=N–C) groups is 1. The molecule has 2 aromatic carbocycles. The fourth-order valence-electron chi connectivity index (χ4n) is 4.40. The van der Waals surface area contributed by atoms with E-state index in [4.69, 9.17) is 18.9 Å². The molecule has 0 spiro atoms. The monoisotopic (exact) mass is 612 g/mol. The predicted octanol–water partition coefficient (Wildman–Crippen LogP) is 4.11. The fraction of sp³-hybridized carbons (Fsp3) is 0.440. The maximum atomic E-state index is 13.1. The first-order valence-electron chi connectivity index (χ1n) is 11.8. The van der Waals surface area contributed by atoms with Crippen molar-refractivity contribution in [1.82, 2.24) is 0 Å². The molecule has 2 aromatic rings. The van der Waals surface area contributed by atoms with Crippen molar-refractivity contribution in [3.8, 4) is 23.0 Å². The average Bonchev–Trinajstić information content (AvgIpc) is 3.31. The van der Waals surface area contributed by atoms with E-state index < -0.39 is 9.84 Å². The number of hydrogen-bond donors (Lipinski definition) is 0. The Morgan fingerprint density at radius 3 is 2.35 bits per heavy atom. The molecule has 0 bridgehead atoms. The Labute approximate surface area is 229 Å². The van der Waals surface area contributed by atoms with Crippen molar-refractivity contribution in [3.63, 3.8) is 0 Å². The highest BCUT2D eigenvalue weighted by molar-refractivity contribution is 9.10. The third kappa shape index (κ3) is 6.01. The number of methoxy groups -OCH3 is 2. The van der Waals surface area contributed by atoms with E-state index in [1.54, 1.807) is 37.4 Å². The number of benzene rings is 2. The van der Waals surface area contributed by atoms with E-state index in [1.807, 2.05) is 18.7 Å². The third-order valence-electron chi connectivity index (χ3n) is 5.96. The molecule has 12 heteroatoms.